The van der Waals surface area contributed by atoms with Gasteiger partial charge >= 0.3 is 0 Å². The molecular weight excluding hydrogens is 420 g/mol. The van der Waals surface area contributed by atoms with Gasteiger partial charge in [-0.15, -0.1) is 0 Å². The summed E-state index contributed by atoms with van der Waals surface area (Å²) < 4.78 is 5.41. The van der Waals surface area contributed by atoms with E-state index in [0.29, 0.717) is 23.8 Å². The first kappa shape index (κ1) is 21.1. The first-order chi connectivity index (χ1) is 16.2. The molecule has 2 aromatic heterocycles. The number of ether oxygens (including phenoxy) is 1. The molecule has 2 unspecified atom stereocenters. The number of anilines is 3. The zero-order chi connectivity index (χ0) is 22.8. The molecule has 0 aromatic carbocycles. The minimum absolute atomic E-state index is 0.0220. The molecule has 9 nitrogen and oxygen atoms in total. The minimum atomic E-state index is -0.351. The Kier molecular flexibility index (Phi) is 5.78. The molecule has 0 bridgehead atoms. The maximum atomic E-state index is 13.1. The Morgan fingerprint density at radius 1 is 1.24 bits per heavy atom. The van der Waals surface area contributed by atoms with Gasteiger partial charge in [-0.1, -0.05) is 18.2 Å². The lowest BCUT2D eigenvalue weighted by atomic mass is 9.90. The third kappa shape index (κ3) is 4.07. The summed E-state index contributed by atoms with van der Waals surface area (Å²) in [6.45, 7) is 3.98. The third-order valence-corrected chi connectivity index (χ3v) is 6.26. The van der Waals surface area contributed by atoms with Crippen molar-refractivity contribution in [2.75, 3.05) is 55.0 Å². The SMILES string of the molecule is COC1=CC=CC2CN(c3cccc(C(=O)Nc4cnccc4N4CCNCC4)n3)C(=O)C12. The number of carbonyl (C=O) groups is 2. The van der Waals surface area contributed by atoms with Crippen molar-refractivity contribution in [1.82, 2.24) is 15.3 Å². The summed E-state index contributed by atoms with van der Waals surface area (Å²) in [5, 5.41) is 6.28. The number of methoxy groups -OCH3 is 1. The fraction of sp³-hybridized carbons (Fsp3) is 0.333. The quantitative estimate of drug-likeness (QED) is 0.723. The predicted octanol–water partition coefficient (Wildman–Crippen LogP) is 1.82. The van der Waals surface area contributed by atoms with Gasteiger partial charge in [-0.3, -0.25) is 19.5 Å². The first-order valence-corrected chi connectivity index (χ1v) is 11.1. The van der Waals surface area contributed by atoms with Gasteiger partial charge in [0.15, 0.2) is 0 Å². The topological polar surface area (TPSA) is 99.7 Å². The first-order valence-electron chi connectivity index (χ1n) is 11.1. The fourth-order valence-electron chi connectivity index (χ4n) is 4.61. The van der Waals surface area contributed by atoms with Crippen molar-refractivity contribution in [3.05, 3.63) is 66.3 Å². The van der Waals surface area contributed by atoms with Crippen LogP contribution >= 0.6 is 0 Å². The van der Waals surface area contributed by atoms with E-state index in [-0.39, 0.29) is 29.3 Å². The van der Waals surface area contributed by atoms with Gasteiger partial charge in [-0.25, -0.2) is 4.98 Å². The summed E-state index contributed by atoms with van der Waals surface area (Å²) >= 11 is 0. The molecule has 0 spiro atoms. The largest absolute Gasteiger partial charge is 0.500 e. The number of nitrogens with zero attached hydrogens (tertiary/aromatic N) is 4. The average Bonchev–Trinajstić information content (AvgIpc) is 3.21. The highest BCUT2D eigenvalue weighted by molar-refractivity contribution is 6.05. The van der Waals surface area contributed by atoms with E-state index in [1.807, 2.05) is 24.3 Å². The summed E-state index contributed by atoms with van der Waals surface area (Å²) in [5.41, 5.74) is 1.81. The number of allylic oxidation sites excluding steroid dienone is 2. The molecule has 5 rings (SSSR count). The van der Waals surface area contributed by atoms with E-state index < -0.39 is 0 Å². The average molecular weight is 447 g/mol. The number of fused-ring (bicyclic) bond motifs is 1. The van der Waals surface area contributed by atoms with Crippen molar-refractivity contribution in [3.8, 4) is 0 Å². The molecule has 0 radical (unpaired) electrons. The van der Waals surface area contributed by atoms with E-state index in [2.05, 4.69) is 25.5 Å². The van der Waals surface area contributed by atoms with Gasteiger partial charge in [-0.05, 0) is 24.3 Å². The van der Waals surface area contributed by atoms with Gasteiger partial charge in [-0.2, -0.15) is 0 Å². The molecule has 1 aliphatic carbocycles. The minimum Gasteiger partial charge on any atom is -0.500 e. The molecular formula is C24H26N6O3. The van der Waals surface area contributed by atoms with E-state index in [1.165, 1.54) is 0 Å². The van der Waals surface area contributed by atoms with Crippen LogP contribution in [0, 0.1) is 11.8 Å². The summed E-state index contributed by atoms with van der Waals surface area (Å²) in [4.78, 5) is 38.7. The highest BCUT2D eigenvalue weighted by Crippen LogP contribution is 2.36. The van der Waals surface area contributed by atoms with E-state index in [4.69, 9.17) is 4.74 Å². The Morgan fingerprint density at radius 2 is 2.09 bits per heavy atom. The number of hydrogen-bond donors (Lipinski definition) is 2. The van der Waals surface area contributed by atoms with Crippen LogP contribution in [0.2, 0.25) is 0 Å². The van der Waals surface area contributed by atoms with Crippen molar-refractivity contribution in [3.63, 3.8) is 0 Å². The van der Waals surface area contributed by atoms with Crippen molar-refractivity contribution >= 4 is 29.0 Å². The zero-order valence-electron chi connectivity index (χ0n) is 18.4. The third-order valence-electron chi connectivity index (χ3n) is 6.26. The number of pyridine rings is 2. The lowest BCUT2D eigenvalue weighted by Gasteiger charge is -2.30. The summed E-state index contributed by atoms with van der Waals surface area (Å²) in [6.07, 6.45) is 9.13. The van der Waals surface area contributed by atoms with Crippen LogP contribution in [0.15, 0.2) is 60.6 Å². The van der Waals surface area contributed by atoms with E-state index in [1.54, 1.807) is 42.6 Å². The van der Waals surface area contributed by atoms with Crippen molar-refractivity contribution in [1.29, 1.82) is 0 Å². The van der Waals surface area contributed by atoms with Crippen molar-refractivity contribution < 1.29 is 14.3 Å². The van der Waals surface area contributed by atoms with Crippen molar-refractivity contribution in [2.24, 2.45) is 11.8 Å². The lowest BCUT2D eigenvalue weighted by Crippen LogP contribution is -2.43. The van der Waals surface area contributed by atoms with Gasteiger partial charge in [0.05, 0.1) is 24.7 Å². The second-order valence-corrected chi connectivity index (χ2v) is 8.21. The zero-order valence-corrected chi connectivity index (χ0v) is 18.4. The van der Waals surface area contributed by atoms with Crippen LogP contribution in [0.4, 0.5) is 17.2 Å². The lowest BCUT2D eigenvalue weighted by molar-refractivity contribution is -0.120. The molecule has 170 valence electrons. The smallest absolute Gasteiger partial charge is 0.274 e. The van der Waals surface area contributed by atoms with Gasteiger partial charge in [0.1, 0.15) is 23.2 Å². The fourth-order valence-corrected chi connectivity index (χ4v) is 4.61. The van der Waals surface area contributed by atoms with Gasteiger partial charge in [0.25, 0.3) is 5.91 Å². The number of amides is 2. The molecule has 2 aliphatic heterocycles. The molecule has 4 heterocycles. The molecule has 2 fully saturated rings. The van der Waals surface area contributed by atoms with Gasteiger partial charge < -0.3 is 20.3 Å². The van der Waals surface area contributed by atoms with E-state index in [9.17, 15) is 9.59 Å². The van der Waals surface area contributed by atoms with Crippen LogP contribution in [0.3, 0.4) is 0 Å². The second kappa shape index (κ2) is 9.03. The monoisotopic (exact) mass is 446 g/mol. The number of carbonyl (C=O) groups excluding carboxylic acids is 2. The number of rotatable bonds is 5. The Morgan fingerprint density at radius 3 is 2.91 bits per heavy atom. The van der Waals surface area contributed by atoms with Gasteiger partial charge in [0, 0.05) is 44.8 Å². The van der Waals surface area contributed by atoms with E-state index in [0.717, 1.165) is 31.9 Å². The Balaban J connectivity index is 1.35. The highest BCUT2D eigenvalue weighted by atomic mass is 16.5. The predicted molar refractivity (Wildman–Crippen MR) is 125 cm³/mol. The van der Waals surface area contributed by atoms with Crippen LogP contribution in [0.5, 0.6) is 0 Å². The molecule has 9 heteroatoms. The summed E-state index contributed by atoms with van der Waals surface area (Å²) in [7, 11) is 1.58. The maximum Gasteiger partial charge on any atom is 0.274 e. The molecule has 3 aliphatic rings. The molecule has 2 atom stereocenters. The normalized spacial score (nSPS) is 22.1. The highest BCUT2D eigenvalue weighted by Gasteiger charge is 2.44. The standard InChI is InChI=1S/C24H26N6O3/c1-33-20-6-2-4-16-15-30(24(32)22(16)20)21-7-3-5-17(27-21)23(31)28-18-14-26-9-8-19(18)29-12-10-25-11-13-29/h2-9,14,16,22,25H,10-13,15H2,1H3,(H,28,31). The van der Waals surface area contributed by atoms with Crippen molar-refractivity contribution in [2.45, 2.75) is 0 Å². The molecule has 2 saturated heterocycles. The molecule has 2 N–H and O–H groups in total. The Hall–Kier alpha value is -3.72. The van der Waals surface area contributed by atoms with Crippen LogP contribution in [0.25, 0.3) is 0 Å². The summed E-state index contributed by atoms with van der Waals surface area (Å²) in [6, 6.07) is 7.05. The second-order valence-electron chi connectivity index (χ2n) is 8.21. The number of piperazine rings is 1. The van der Waals surface area contributed by atoms with Crippen LogP contribution in [0.1, 0.15) is 10.5 Å². The van der Waals surface area contributed by atoms with Crippen LogP contribution in [-0.2, 0) is 9.53 Å². The molecule has 2 aromatic rings. The number of aromatic nitrogens is 2. The number of nitrogens with one attached hydrogen (secondary N) is 2. The van der Waals surface area contributed by atoms with E-state index >= 15 is 0 Å². The Bertz CT molecular complexity index is 1120. The summed E-state index contributed by atoms with van der Waals surface area (Å²) in [5.74, 6) is 0.365. The number of hydrogen-bond acceptors (Lipinski definition) is 7. The molecule has 2 amide bonds. The maximum absolute atomic E-state index is 13.1. The van der Waals surface area contributed by atoms with Crippen LogP contribution in [-0.4, -0.2) is 61.6 Å². The van der Waals surface area contributed by atoms with Gasteiger partial charge in [0.2, 0.25) is 5.91 Å². The van der Waals surface area contributed by atoms with Crippen LogP contribution < -0.4 is 20.4 Å². The molecule has 0 saturated carbocycles. The molecule has 33 heavy (non-hydrogen) atoms. The Labute approximate surface area is 192 Å².